The molecule has 2 aromatic rings. The van der Waals surface area contributed by atoms with Gasteiger partial charge >= 0.3 is 0 Å². The molecule has 1 heterocycles. The Kier molecular flexibility index (Phi) is 3.59. The molecule has 0 saturated carbocycles. The molecule has 0 spiro atoms. The van der Waals surface area contributed by atoms with Crippen molar-refractivity contribution in [1.82, 2.24) is 4.98 Å². The second kappa shape index (κ2) is 5.15. The summed E-state index contributed by atoms with van der Waals surface area (Å²) in [6.07, 6.45) is 3.47. The Morgan fingerprint density at radius 3 is 2.59 bits per heavy atom. The van der Waals surface area contributed by atoms with Crippen molar-refractivity contribution in [1.29, 1.82) is 0 Å². The number of hydrogen-bond acceptors (Lipinski definition) is 2. The Hall–Kier alpha value is -1.61. The van der Waals surface area contributed by atoms with Gasteiger partial charge in [0.1, 0.15) is 5.82 Å². The van der Waals surface area contributed by atoms with E-state index < -0.39 is 0 Å². The van der Waals surface area contributed by atoms with Crippen molar-refractivity contribution >= 4 is 17.3 Å². The van der Waals surface area contributed by atoms with Crippen molar-refractivity contribution in [3.8, 4) is 0 Å². The molecule has 4 heteroatoms. The van der Waals surface area contributed by atoms with Crippen molar-refractivity contribution in [2.75, 3.05) is 5.32 Å². The number of nitrogens with one attached hydrogen (secondary N) is 1. The first-order valence-corrected chi connectivity index (χ1v) is 5.66. The molecule has 1 unspecified atom stereocenters. The van der Waals surface area contributed by atoms with Crippen LogP contribution in [0.15, 0.2) is 42.7 Å². The van der Waals surface area contributed by atoms with E-state index >= 15 is 0 Å². The van der Waals surface area contributed by atoms with Gasteiger partial charge in [-0.15, -0.1) is 0 Å². The van der Waals surface area contributed by atoms with E-state index in [1.54, 1.807) is 18.5 Å². The average molecular weight is 251 g/mol. The fraction of sp³-hybridized carbons (Fsp3) is 0.154. The van der Waals surface area contributed by atoms with Gasteiger partial charge in [-0.05, 0) is 42.8 Å². The van der Waals surface area contributed by atoms with E-state index in [0.29, 0.717) is 5.02 Å². The zero-order valence-electron chi connectivity index (χ0n) is 9.32. The number of hydrogen-bond donors (Lipinski definition) is 1. The maximum Gasteiger partial charge on any atom is 0.124 e. The monoisotopic (exact) mass is 250 g/mol. The van der Waals surface area contributed by atoms with E-state index in [2.05, 4.69) is 10.3 Å². The first-order valence-electron chi connectivity index (χ1n) is 5.28. The Balaban J connectivity index is 2.16. The van der Waals surface area contributed by atoms with Crippen molar-refractivity contribution in [3.63, 3.8) is 0 Å². The summed E-state index contributed by atoms with van der Waals surface area (Å²) in [5.74, 6) is -0.336. The minimum atomic E-state index is -0.336. The molecule has 88 valence electrons. The molecular weight excluding hydrogens is 239 g/mol. The van der Waals surface area contributed by atoms with Crippen molar-refractivity contribution in [2.24, 2.45) is 0 Å². The summed E-state index contributed by atoms with van der Waals surface area (Å²) in [5, 5.41) is 3.61. The predicted octanol–water partition coefficient (Wildman–Crippen LogP) is 4.05. The number of benzene rings is 1. The van der Waals surface area contributed by atoms with Crippen LogP contribution in [-0.4, -0.2) is 4.98 Å². The van der Waals surface area contributed by atoms with Crippen LogP contribution in [0.2, 0.25) is 5.02 Å². The summed E-state index contributed by atoms with van der Waals surface area (Å²) in [6, 6.07) is 8.25. The Labute approximate surface area is 104 Å². The molecule has 0 fully saturated rings. The zero-order chi connectivity index (χ0) is 12.3. The van der Waals surface area contributed by atoms with E-state index in [1.807, 2.05) is 19.1 Å². The highest BCUT2D eigenvalue weighted by Crippen LogP contribution is 2.26. The molecule has 0 amide bonds. The number of aromatic nitrogens is 1. The maximum atomic E-state index is 12.9. The fourth-order valence-electron chi connectivity index (χ4n) is 1.58. The Morgan fingerprint density at radius 2 is 1.94 bits per heavy atom. The van der Waals surface area contributed by atoms with Gasteiger partial charge in [-0.3, -0.25) is 4.98 Å². The molecule has 17 heavy (non-hydrogen) atoms. The van der Waals surface area contributed by atoms with Crippen LogP contribution in [0, 0.1) is 5.82 Å². The van der Waals surface area contributed by atoms with Gasteiger partial charge in [0, 0.05) is 18.4 Å². The number of pyridine rings is 1. The van der Waals surface area contributed by atoms with Gasteiger partial charge in [0.2, 0.25) is 0 Å². The quantitative estimate of drug-likeness (QED) is 0.889. The summed E-state index contributed by atoms with van der Waals surface area (Å²) >= 11 is 5.95. The van der Waals surface area contributed by atoms with E-state index in [1.165, 1.54) is 12.1 Å². The standard InChI is InChI=1S/C13H12ClFN2/c1-9(10-4-6-16-7-5-10)17-13-3-2-11(15)8-12(13)14/h2-9,17H,1H3. The predicted molar refractivity (Wildman–Crippen MR) is 67.7 cm³/mol. The van der Waals surface area contributed by atoms with Crippen LogP contribution >= 0.6 is 11.6 Å². The fourth-order valence-corrected chi connectivity index (χ4v) is 1.80. The topological polar surface area (TPSA) is 24.9 Å². The first kappa shape index (κ1) is 11.9. The zero-order valence-corrected chi connectivity index (χ0v) is 10.1. The van der Waals surface area contributed by atoms with Crippen LogP contribution in [0.5, 0.6) is 0 Å². The van der Waals surface area contributed by atoms with Crippen molar-refractivity contribution in [3.05, 3.63) is 59.1 Å². The lowest BCUT2D eigenvalue weighted by molar-refractivity contribution is 0.628. The minimum Gasteiger partial charge on any atom is -0.377 e. The summed E-state index contributed by atoms with van der Waals surface area (Å²) in [6.45, 7) is 2.01. The molecule has 1 atom stereocenters. The van der Waals surface area contributed by atoms with Crippen LogP contribution in [0.25, 0.3) is 0 Å². The number of anilines is 1. The minimum absolute atomic E-state index is 0.0842. The summed E-state index contributed by atoms with van der Waals surface area (Å²) in [7, 11) is 0. The van der Waals surface area contributed by atoms with Crippen LogP contribution < -0.4 is 5.32 Å². The molecule has 0 saturated heterocycles. The largest absolute Gasteiger partial charge is 0.377 e. The maximum absolute atomic E-state index is 12.9. The molecule has 0 bridgehead atoms. The molecule has 0 aliphatic heterocycles. The van der Waals surface area contributed by atoms with Gasteiger partial charge in [0.05, 0.1) is 10.7 Å². The lowest BCUT2D eigenvalue weighted by Gasteiger charge is -2.16. The molecule has 1 aromatic heterocycles. The normalized spacial score (nSPS) is 12.2. The van der Waals surface area contributed by atoms with Crippen LogP contribution in [0.3, 0.4) is 0 Å². The van der Waals surface area contributed by atoms with Gasteiger partial charge in [-0.1, -0.05) is 11.6 Å². The third-order valence-electron chi connectivity index (χ3n) is 2.51. The highest BCUT2D eigenvalue weighted by Gasteiger charge is 2.07. The van der Waals surface area contributed by atoms with Crippen LogP contribution in [0.4, 0.5) is 10.1 Å². The Bertz CT molecular complexity index is 502. The van der Waals surface area contributed by atoms with Gasteiger partial charge in [0.25, 0.3) is 0 Å². The van der Waals surface area contributed by atoms with E-state index in [4.69, 9.17) is 11.6 Å². The molecule has 0 aliphatic rings. The van der Waals surface area contributed by atoms with E-state index in [-0.39, 0.29) is 11.9 Å². The van der Waals surface area contributed by atoms with Gasteiger partial charge in [0.15, 0.2) is 0 Å². The van der Waals surface area contributed by atoms with Crippen LogP contribution in [0.1, 0.15) is 18.5 Å². The van der Waals surface area contributed by atoms with E-state index in [0.717, 1.165) is 11.3 Å². The number of halogens is 2. The smallest absolute Gasteiger partial charge is 0.124 e. The van der Waals surface area contributed by atoms with Crippen molar-refractivity contribution in [2.45, 2.75) is 13.0 Å². The average Bonchev–Trinajstić information content (AvgIpc) is 2.34. The molecule has 2 nitrogen and oxygen atoms in total. The third-order valence-corrected chi connectivity index (χ3v) is 2.82. The number of nitrogens with zero attached hydrogens (tertiary/aromatic N) is 1. The number of rotatable bonds is 3. The second-order valence-corrected chi connectivity index (χ2v) is 4.18. The summed E-state index contributed by atoms with van der Waals surface area (Å²) < 4.78 is 12.9. The molecular formula is C13H12ClFN2. The highest BCUT2D eigenvalue weighted by molar-refractivity contribution is 6.33. The SMILES string of the molecule is CC(Nc1ccc(F)cc1Cl)c1ccncc1. The second-order valence-electron chi connectivity index (χ2n) is 3.77. The van der Waals surface area contributed by atoms with Crippen LogP contribution in [-0.2, 0) is 0 Å². The molecule has 0 aliphatic carbocycles. The van der Waals surface area contributed by atoms with Gasteiger partial charge in [-0.2, -0.15) is 0 Å². The Morgan fingerprint density at radius 1 is 1.24 bits per heavy atom. The third kappa shape index (κ3) is 2.94. The lowest BCUT2D eigenvalue weighted by Crippen LogP contribution is -2.07. The van der Waals surface area contributed by atoms with Gasteiger partial charge in [-0.25, -0.2) is 4.39 Å². The molecule has 0 radical (unpaired) electrons. The van der Waals surface area contributed by atoms with Gasteiger partial charge < -0.3 is 5.32 Å². The highest BCUT2D eigenvalue weighted by atomic mass is 35.5. The first-order chi connectivity index (χ1) is 8.16. The van der Waals surface area contributed by atoms with Crippen molar-refractivity contribution < 1.29 is 4.39 Å². The molecule has 1 N–H and O–H groups in total. The molecule has 1 aromatic carbocycles. The molecule has 2 rings (SSSR count). The summed E-state index contributed by atoms with van der Waals surface area (Å²) in [5.41, 5.74) is 1.82. The summed E-state index contributed by atoms with van der Waals surface area (Å²) in [4.78, 5) is 3.96. The van der Waals surface area contributed by atoms with E-state index in [9.17, 15) is 4.39 Å². The lowest BCUT2D eigenvalue weighted by atomic mass is 10.1.